The molecule has 1 aromatic carbocycles. The van der Waals surface area contributed by atoms with Gasteiger partial charge in [-0.2, -0.15) is 13.2 Å². The van der Waals surface area contributed by atoms with Crippen LogP contribution in [-0.2, 0) is 4.79 Å². The first-order valence-corrected chi connectivity index (χ1v) is 7.01. The first kappa shape index (κ1) is 17.1. The highest BCUT2D eigenvalue weighted by molar-refractivity contribution is 5.75. The van der Waals surface area contributed by atoms with Crippen LogP contribution in [0.2, 0.25) is 0 Å². The molecule has 1 aromatic heterocycles. The third-order valence-corrected chi connectivity index (χ3v) is 3.54. The van der Waals surface area contributed by atoms with Crippen molar-refractivity contribution in [3.8, 4) is 0 Å². The largest absolute Gasteiger partial charge is 0.490 e. The minimum Gasteiger partial charge on any atom is -0.475 e. The van der Waals surface area contributed by atoms with Gasteiger partial charge in [-0.25, -0.2) is 9.59 Å². The summed E-state index contributed by atoms with van der Waals surface area (Å²) in [5.41, 5.74) is 1.98. The van der Waals surface area contributed by atoms with E-state index in [0.29, 0.717) is 6.04 Å². The van der Waals surface area contributed by atoms with Gasteiger partial charge in [0.2, 0.25) is 0 Å². The van der Waals surface area contributed by atoms with E-state index in [-0.39, 0.29) is 5.69 Å². The molecule has 0 radical (unpaired) electrons. The fourth-order valence-electron chi connectivity index (χ4n) is 2.50. The van der Waals surface area contributed by atoms with Crippen molar-refractivity contribution in [1.29, 1.82) is 0 Å². The van der Waals surface area contributed by atoms with Crippen LogP contribution >= 0.6 is 0 Å². The van der Waals surface area contributed by atoms with Crippen LogP contribution < -0.4 is 11.0 Å². The monoisotopic (exact) mass is 331 g/mol. The molecule has 0 atom stereocenters. The maximum absolute atomic E-state index is 11.9. The summed E-state index contributed by atoms with van der Waals surface area (Å²) in [4.78, 5) is 23.7. The van der Waals surface area contributed by atoms with E-state index in [1.807, 2.05) is 28.8 Å². The maximum Gasteiger partial charge on any atom is 0.490 e. The number of carboxylic acid groups (broad SMARTS) is 1. The van der Waals surface area contributed by atoms with Gasteiger partial charge in [-0.3, -0.25) is 4.57 Å². The molecule has 2 aromatic rings. The number of benzene rings is 1. The number of imidazole rings is 1. The molecule has 2 heterocycles. The lowest BCUT2D eigenvalue weighted by molar-refractivity contribution is -0.192. The number of aromatic amines is 1. The molecule has 1 aliphatic rings. The van der Waals surface area contributed by atoms with E-state index in [1.54, 1.807) is 0 Å². The van der Waals surface area contributed by atoms with Crippen molar-refractivity contribution in [1.82, 2.24) is 14.9 Å². The number of carbonyl (C=O) groups is 1. The highest BCUT2D eigenvalue weighted by atomic mass is 19.4. The van der Waals surface area contributed by atoms with Crippen LogP contribution in [0.3, 0.4) is 0 Å². The number of aromatic nitrogens is 2. The van der Waals surface area contributed by atoms with E-state index in [2.05, 4.69) is 10.3 Å². The summed E-state index contributed by atoms with van der Waals surface area (Å²) in [6.45, 7) is 1.99. The number of H-pyrrole nitrogens is 1. The molecule has 0 unspecified atom stereocenters. The third kappa shape index (κ3) is 4.13. The third-order valence-electron chi connectivity index (χ3n) is 3.54. The van der Waals surface area contributed by atoms with E-state index in [0.717, 1.165) is 37.0 Å². The van der Waals surface area contributed by atoms with Crippen LogP contribution in [-0.4, -0.2) is 39.9 Å². The molecular formula is C14H16F3N3O3. The first-order valence-electron chi connectivity index (χ1n) is 7.01. The van der Waals surface area contributed by atoms with Gasteiger partial charge in [-0.1, -0.05) is 12.1 Å². The molecule has 0 spiro atoms. The number of rotatable bonds is 1. The van der Waals surface area contributed by atoms with Crippen LogP contribution in [0.5, 0.6) is 0 Å². The summed E-state index contributed by atoms with van der Waals surface area (Å²) in [7, 11) is 0. The van der Waals surface area contributed by atoms with Gasteiger partial charge in [-0.15, -0.1) is 0 Å². The lowest BCUT2D eigenvalue weighted by Gasteiger charge is -2.23. The van der Waals surface area contributed by atoms with Crippen molar-refractivity contribution >= 4 is 17.0 Å². The van der Waals surface area contributed by atoms with E-state index < -0.39 is 12.1 Å². The number of nitrogens with one attached hydrogen (secondary N) is 2. The Morgan fingerprint density at radius 2 is 1.78 bits per heavy atom. The van der Waals surface area contributed by atoms with E-state index in [9.17, 15) is 18.0 Å². The predicted molar refractivity (Wildman–Crippen MR) is 77.4 cm³/mol. The summed E-state index contributed by atoms with van der Waals surface area (Å²) in [6, 6.07) is 8.23. The van der Waals surface area contributed by atoms with Crippen molar-refractivity contribution in [2.24, 2.45) is 0 Å². The number of hydrogen-bond donors (Lipinski definition) is 3. The fraction of sp³-hybridized carbons (Fsp3) is 0.429. The zero-order valence-electron chi connectivity index (χ0n) is 12.1. The number of halogens is 3. The average molecular weight is 331 g/mol. The number of nitrogens with zero attached hydrogens (tertiary/aromatic N) is 1. The Morgan fingerprint density at radius 3 is 2.35 bits per heavy atom. The van der Waals surface area contributed by atoms with Gasteiger partial charge in [-0.05, 0) is 38.1 Å². The number of aliphatic carboxylic acids is 1. The molecule has 23 heavy (non-hydrogen) atoms. The molecule has 3 N–H and O–H groups in total. The molecule has 0 saturated carbocycles. The molecule has 1 fully saturated rings. The molecule has 1 saturated heterocycles. The average Bonchev–Trinajstić information content (AvgIpc) is 2.83. The number of para-hydroxylation sites is 2. The van der Waals surface area contributed by atoms with Crippen LogP contribution in [0.1, 0.15) is 18.9 Å². The van der Waals surface area contributed by atoms with Gasteiger partial charge in [0.1, 0.15) is 0 Å². The Balaban J connectivity index is 0.000000236. The van der Waals surface area contributed by atoms with E-state index in [4.69, 9.17) is 9.90 Å². The summed E-state index contributed by atoms with van der Waals surface area (Å²) < 4.78 is 33.6. The minimum absolute atomic E-state index is 0.0214. The second kappa shape index (κ2) is 6.86. The normalized spacial score (nSPS) is 16.0. The molecule has 126 valence electrons. The Hall–Kier alpha value is -2.29. The number of piperidine rings is 1. The standard InChI is InChI=1S/C12H15N3O.C2HF3O2/c16-12-14-10-3-1-2-4-11(10)15(12)9-5-7-13-8-6-9;3-2(4,5)1(6)7/h1-4,9,13H,5-8H2,(H,14,16);(H,6,7). The zero-order valence-corrected chi connectivity index (χ0v) is 12.1. The lowest BCUT2D eigenvalue weighted by Crippen LogP contribution is -2.33. The molecule has 0 amide bonds. The summed E-state index contributed by atoms with van der Waals surface area (Å²) in [5.74, 6) is -2.76. The predicted octanol–water partition coefficient (Wildman–Crippen LogP) is 1.89. The zero-order chi connectivity index (χ0) is 17.0. The summed E-state index contributed by atoms with van der Waals surface area (Å²) >= 11 is 0. The van der Waals surface area contributed by atoms with Crippen molar-refractivity contribution in [3.63, 3.8) is 0 Å². The van der Waals surface area contributed by atoms with Gasteiger partial charge in [0.05, 0.1) is 11.0 Å². The number of fused-ring (bicyclic) bond motifs is 1. The Bertz CT molecular complexity index is 730. The SMILES string of the molecule is O=C(O)C(F)(F)F.O=c1[nH]c2ccccc2n1C1CCNCC1. The van der Waals surface area contributed by atoms with E-state index in [1.165, 1.54) is 0 Å². The van der Waals surface area contributed by atoms with Crippen LogP contribution in [0.15, 0.2) is 29.1 Å². The van der Waals surface area contributed by atoms with Crippen LogP contribution in [0, 0.1) is 0 Å². The highest BCUT2D eigenvalue weighted by Gasteiger charge is 2.38. The molecule has 6 nitrogen and oxygen atoms in total. The highest BCUT2D eigenvalue weighted by Crippen LogP contribution is 2.21. The first-order chi connectivity index (χ1) is 10.8. The molecule has 0 bridgehead atoms. The van der Waals surface area contributed by atoms with Gasteiger partial charge in [0.15, 0.2) is 0 Å². The number of hydrogen-bond acceptors (Lipinski definition) is 3. The summed E-state index contributed by atoms with van der Waals surface area (Å²) in [5, 5.41) is 10.4. The molecule has 1 aliphatic heterocycles. The Kier molecular flexibility index (Phi) is 5.09. The second-order valence-corrected chi connectivity index (χ2v) is 5.10. The lowest BCUT2D eigenvalue weighted by atomic mass is 10.1. The topological polar surface area (TPSA) is 87.1 Å². The quantitative estimate of drug-likeness (QED) is 0.745. The van der Waals surface area contributed by atoms with Gasteiger partial charge in [0, 0.05) is 6.04 Å². The fourth-order valence-corrected chi connectivity index (χ4v) is 2.50. The number of carboxylic acids is 1. The minimum atomic E-state index is -5.08. The van der Waals surface area contributed by atoms with Gasteiger partial charge >= 0.3 is 17.8 Å². The smallest absolute Gasteiger partial charge is 0.475 e. The van der Waals surface area contributed by atoms with Crippen molar-refractivity contribution in [2.45, 2.75) is 25.1 Å². The van der Waals surface area contributed by atoms with Crippen molar-refractivity contribution in [3.05, 3.63) is 34.7 Å². The van der Waals surface area contributed by atoms with Gasteiger partial charge in [0.25, 0.3) is 0 Å². The molecule has 9 heteroatoms. The molecule has 3 rings (SSSR count). The van der Waals surface area contributed by atoms with Crippen molar-refractivity contribution < 1.29 is 23.1 Å². The van der Waals surface area contributed by atoms with E-state index >= 15 is 0 Å². The van der Waals surface area contributed by atoms with Crippen LogP contribution in [0.25, 0.3) is 11.0 Å². The maximum atomic E-state index is 11.9. The van der Waals surface area contributed by atoms with Gasteiger partial charge < -0.3 is 15.4 Å². The Morgan fingerprint density at radius 1 is 1.22 bits per heavy atom. The molecular weight excluding hydrogens is 315 g/mol. The molecule has 0 aliphatic carbocycles. The van der Waals surface area contributed by atoms with Crippen molar-refractivity contribution in [2.75, 3.05) is 13.1 Å². The second-order valence-electron chi connectivity index (χ2n) is 5.10. The number of alkyl halides is 3. The van der Waals surface area contributed by atoms with Crippen LogP contribution in [0.4, 0.5) is 13.2 Å². The Labute approximate surface area is 128 Å². The summed E-state index contributed by atoms with van der Waals surface area (Å²) in [6.07, 6.45) is -3.02.